The SMILES string of the molecule is C=C(C=O)C/C=N\N(C)Sc1ccc2c(c1)nc(C(C)(C)C)n2CC1CCOCC1. The maximum absolute atomic E-state index is 10.6. The van der Waals surface area contributed by atoms with E-state index in [4.69, 9.17) is 9.72 Å². The number of hydrazone groups is 1. The average molecular weight is 429 g/mol. The largest absolute Gasteiger partial charge is 0.381 e. The second kappa shape index (κ2) is 9.79. The Morgan fingerprint density at radius 3 is 2.80 bits per heavy atom. The summed E-state index contributed by atoms with van der Waals surface area (Å²) in [5.41, 5.74) is 2.69. The van der Waals surface area contributed by atoms with Crippen LogP contribution >= 0.6 is 11.9 Å². The molecule has 0 atom stereocenters. The zero-order valence-electron chi connectivity index (χ0n) is 18.4. The fourth-order valence-electron chi connectivity index (χ4n) is 3.61. The van der Waals surface area contributed by atoms with Crippen molar-refractivity contribution in [2.24, 2.45) is 11.0 Å². The number of aldehydes is 1. The molecule has 162 valence electrons. The number of carbonyl (C=O) groups is 1. The molecule has 1 aromatic carbocycles. The molecule has 2 heterocycles. The summed E-state index contributed by atoms with van der Waals surface area (Å²) < 4.78 is 9.73. The van der Waals surface area contributed by atoms with Gasteiger partial charge in [0.15, 0.2) is 0 Å². The molecule has 0 bridgehead atoms. The van der Waals surface area contributed by atoms with Gasteiger partial charge in [-0.15, -0.1) is 0 Å². The summed E-state index contributed by atoms with van der Waals surface area (Å²) in [6.07, 6.45) is 5.13. The molecule has 1 saturated heterocycles. The number of nitrogens with zero attached hydrogens (tertiary/aromatic N) is 4. The van der Waals surface area contributed by atoms with Crippen LogP contribution < -0.4 is 0 Å². The van der Waals surface area contributed by atoms with Crippen LogP contribution in [0.4, 0.5) is 0 Å². The van der Waals surface area contributed by atoms with E-state index in [1.165, 1.54) is 17.5 Å². The first-order valence-electron chi connectivity index (χ1n) is 10.4. The molecule has 1 fully saturated rings. The van der Waals surface area contributed by atoms with Crippen molar-refractivity contribution in [1.29, 1.82) is 0 Å². The average Bonchev–Trinajstić information content (AvgIpc) is 3.06. The topological polar surface area (TPSA) is 59.7 Å². The minimum Gasteiger partial charge on any atom is -0.381 e. The van der Waals surface area contributed by atoms with Crippen molar-refractivity contribution >= 4 is 35.5 Å². The smallest absolute Gasteiger partial charge is 0.145 e. The van der Waals surface area contributed by atoms with E-state index in [2.05, 4.69) is 55.2 Å². The number of ether oxygens (including phenoxy) is 1. The molecule has 1 aromatic heterocycles. The fourth-order valence-corrected chi connectivity index (χ4v) is 4.32. The molecule has 1 aliphatic rings. The van der Waals surface area contributed by atoms with Gasteiger partial charge in [0.05, 0.1) is 11.0 Å². The number of hydrogen-bond acceptors (Lipinski definition) is 6. The van der Waals surface area contributed by atoms with Crippen LogP contribution in [0.5, 0.6) is 0 Å². The molecule has 3 rings (SSSR count). The van der Waals surface area contributed by atoms with Crippen LogP contribution in [0.15, 0.2) is 40.3 Å². The first-order chi connectivity index (χ1) is 14.3. The van der Waals surface area contributed by atoms with Crippen LogP contribution in [-0.4, -0.2) is 46.7 Å². The van der Waals surface area contributed by atoms with Gasteiger partial charge in [-0.1, -0.05) is 27.4 Å². The quantitative estimate of drug-likeness (QED) is 0.198. The zero-order valence-corrected chi connectivity index (χ0v) is 19.2. The van der Waals surface area contributed by atoms with Gasteiger partial charge in [-0.05, 0) is 42.5 Å². The van der Waals surface area contributed by atoms with E-state index < -0.39 is 0 Å². The van der Waals surface area contributed by atoms with Gasteiger partial charge in [-0.2, -0.15) is 5.10 Å². The number of aromatic nitrogens is 2. The Morgan fingerprint density at radius 2 is 2.13 bits per heavy atom. The molecule has 0 spiro atoms. The van der Waals surface area contributed by atoms with Crippen LogP contribution in [0, 0.1) is 5.92 Å². The standard InChI is InChI=1S/C23H32N4O2S/c1-17(16-28)8-11-24-26(5)30-19-6-7-21-20(14-19)25-22(23(2,3)4)27(21)15-18-9-12-29-13-10-18/h6-7,11,14,16,18H,1,8-10,12-13,15H2,2-5H3/b24-11-. The molecule has 1 aliphatic heterocycles. The number of hydrogen-bond donors (Lipinski definition) is 0. The van der Waals surface area contributed by atoms with Gasteiger partial charge in [0.1, 0.15) is 12.1 Å². The Labute approximate surface area is 183 Å². The number of benzene rings is 1. The van der Waals surface area contributed by atoms with E-state index in [9.17, 15) is 4.79 Å². The lowest BCUT2D eigenvalue weighted by Gasteiger charge is -2.26. The maximum atomic E-state index is 10.6. The highest BCUT2D eigenvalue weighted by atomic mass is 32.2. The molecule has 0 N–H and O–H groups in total. The summed E-state index contributed by atoms with van der Waals surface area (Å²) in [7, 11) is 1.89. The highest BCUT2D eigenvalue weighted by molar-refractivity contribution is 7.97. The van der Waals surface area contributed by atoms with E-state index in [-0.39, 0.29) is 5.41 Å². The van der Waals surface area contributed by atoms with Crippen LogP contribution in [0.25, 0.3) is 11.0 Å². The van der Waals surface area contributed by atoms with Gasteiger partial charge in [0.2, 0.25) is 0 Å². The molecule has 7 heteroatoms. The minimum atomic E-state index is -0.0282. The Hall–Kier alpha value is -2.12. The van der Waals surface area contributed by atoms with Gasteiger partial charge in [0.25, 0.3) is 0 Å². The van der Waals surface area contributed by atoms with Gasteiger partial charge >= 0.3 is 0 Å². The molecule has 2 aromatic rings. The minimum absolute atomic E-state index is 0.0282. The predicted molar refractivity (Wildman–Crippen MR) is 124 cm³/mol. The lowest BCUT2D eigenvalue weighted by Crippen LogP contribution is -2.25. The van der Waals surface area contributed by atoms with Crippen LogP contribution in [0.1, 0.15) is 45.9 Å². The van der Waals surface area contributed by atoms with Gasteiger partial charge in [0, 0.05) is 61.7 Å². The first-order valence-corrected chi connectivity index (χ1v) is 11.2. The van der Waals surface area contributed by atoms with E-state index in [0.717, 1.165) is 55.1 Å². The third-order valence-corrected chi connectivity index (χ3v) is 6.00. The van der Waals surface area contributed by atoms with Crippen LogP contribution in [0.3, 0.4) is 0 Å². The van der Waals surface area contributed by atoms with E-state index in [1.54, 1.807) is 10.6 Å². The highest BCUT2D eigenvalue weighted by Crippen LogP contribution is 2.32. The van der Waals surface area contributed by atoms with Gasteiger partial charge < -0.3 is 9.30 Å². The number of imidazole rings is 1. The zero-order chi connectivity index (χ0) is 21.7. The molecule has 0 amide bonds. The Morgan fingerprint density at radius 1 is 1.40 bits per heavy atom. The van der Waals surface area contributed by atoms with Crippen molar-refractivity contribution in [3.63, 3.8) is 0 Å². The van der Waals surface area contributed by atoms with Crippen molar-refractivity contribution < 1.29 is 9.53 Å². The van der Waals surface area contributed by atoms with E-state index >= 15 is 0 Å². The summed E-state index contributed by atoms with van der Waals surface area (Å²) in [6.45, 7) is 13.0. The fraction of sp³-hybridized carbons (Fsp3) is 0.522. The molecule has 0 radical (unpaired) electrons. The molecule has 0 saturated carbocycles. The normalized spacial score (nSPS) is 15.7. The Bertz CT molecular complexity index is 923. The van der Waals surface area contributed by atoms with Crippen molar-refractivity contribution in [1.82, 2.24) is 14.0 Å². The number of rotatable bonds is 8. The highest BCUT2D eigenvalue weighted by Gasteiger charge is 2.25. The number of carbonyl (C=O) groups excluding carboxylic acids is 1. The lowest BCUT2D eigenvalue weighted by atomic mass is 9.94. The third-order valence-electron chi connectivity index (χ3n) is 5.17. The first kappa shape index (κ1) is 22.6. The summed E-state index contributed by atoms with van der Waals surface area (Å²) in [6, 6.07) is 6.43. The Kier molecular flexibility index (Phi) is 7.36. The maximum Gasteiger partial charge on any atom is 0.145 e. The second-order valence-corrected chi connectivity index (χ2v) is 10.0. The molecular weight excluding hydrogens is 396 g/mol. The van der Waals surface area contributed by atoms with Crippen molar-refractivity contribution in [3.05, 3.63) is 36.2 Å². The summed E-state index contributed by atoms with van der Waals surface area (Å²) in [5, 5.41) is 4.34. The Balaban J connectivity index is 1.81. The molecule has 0 aliphatic carbocycles. The predicted octanol–water partition coefficient (Wildman–Crippen LogP) is 4.83. The monoisotopic (exact) mass is 428 g/mol. The summed E-state index contributed by atoms with van der Waals surface area (Å²) >= 11 is 1.53. The van der Waals surface area contributed by atoms with Gasteiger partial charge in [-0.3, -0.25) is 4.79 Å². The van der Waals surface area contributed by atoms with Crippen LogP contribution in [-0.2, 0) is 21.5 Å². The van der Waals surface area contributed by atoms with Crippen molar-refractivity contribution in [2.45, 2.75) is 56.9 Å². The number of allylic oxidation sites excluding steroid dienone is 1. The molecule has 6 nitrogen and oxygen atoms in total. The van der Waals surface area contributed by atoms with Crippen molar-refractivity contribution in [3.8, 4) is 0 Å². The third kappa shape index (κ3) is 5.73. The van der Waals surface area contributed by atoms with Crippen molar-refractivity contribution in [2.75, 3.05) is 20.3 Å². The number of fused-ring (bicyclic) bond motifs is 1. The van der Waals surface area contributed by atoms with E-state index in [1.807, 2.05) is 7.05 Å². The van der Waals surface area contributed by atoms with Crippen LogP contribution in [0.2, 0.25) is 0 Å². The van der Waals surface area contributed by atoms with Gasteiger partial charge in [-0.25, -0.2) is 9.40 Å². The molecule has 30 heavy (non-hydrogen) atoms. The summed E-state index contributed by atoms with van der Waals surface area (Å²) in [4.78, 5) is 16.7. The van der Waals surface area contributed by atoms with E-state index in [0.29, 0.717) is 17.9 Å². The summed E-state index contributed by atoms with van der Waals surface area (Å²) in [5.74, 6) is 1.76. The second-order valence-electron chi connectivity index (χ2n) is 8.84. The molecular formula is C23H32N4O2S. The lowest BCUT2D eigenvalue weighted by molar-refractivity contribution is -0.104. The molecule has 0 unspecified atom stereocenters.